The number of fused-ring (bicyclic) bond motifs is 2. The lowest BCUT2D eigenvalue weighted by Crippen LogP contribution is -2.26. The average Bonchev–Trinajstić information content (AvgIpc) is 3.33. The number of anilines is 1. The van der Waals surface area contributed by atoms with Crippen molar-refractivity contribution in [1.29, 1.82) is 0 Å². The van der Waals surface area contributed by atoms with E-state index in [0.29, 0.717) is 0 Å². The van der Waals surface area contributed by atoms with Gasteiger partial charge in [-0.25, -0.2) is 4.98 Å². The van der Waals surface area contributed by atoms with Gasteiger partial charge in [0, 0.05) is 50.6 Å². The van der Waals surface area contributed by atoms with E-state index in [0.717, 1.165) is 24.2 Å². The number of aromatic nitrogens is 1. The van der Waals surface area contributed by atoms with Crippen molar-refractivity contribution in [3.05, 3.63) is 83.7 Å². The first kappa shape index (κ1) is 20.0. The van der Waals surface area contributed by atoms with E-state index in [9.17, 15) is 0 Å². The van der Waals surface area contributed by atoms with E-state index in [-0.39, 0.29) is 0 Å². The molecule has 2 aromatic carbocycles. The van der Waals surface area contributed by atoms with Gasteiger partial charge < -0.3 is 10.2 Å². The van der Waals surface area contributed by atoms with Crippen LogP contribution >= 0.6 is 0 Å². The number of pyridine rings is 1. The maximum absolute atomic E-state index is 4.30. The van der Waals surface area contributed by atoms with E-state index < -0.39 is 0 Å². The molecule has 4 nitrogen and oxygen atoms in total. The molecule has 3 heterocycles. The lowest BCUT2D eigenvalue weighted by Gasteiger charge is -2.25. The Labute approximate surface area is 178 Å². The molecule has 30 heavy (non-hydrogen) atoms. The minimum atomic E-state index is 0.895. The van der Waals surface area contributed by atoms with Crippen molar-refractivity contribution < 1.29 is 0 Å². The van der Waals surface area contributed by atoms with Crippen LogP contribution in [0, 0.1) is 0 Å². The molecule has 3 aromatic rings. The minimum Gasteiger partial charge on any atom is -0.373 e. The van der Waals surface area contributed by atoms with Crippen molar-refractivity contribution in [3.8, 4) is 0 Å². The van der Waals surface area contributed by atoms with Crippen molar-refractivity contribution in [2.45, 2.75) is 19.4 Å². The summed E-state index contributed by atoms with van der Waals surface area (Å²) in [6.45, 7) is 6.05. The molecule has 0 fully saturated rings. The first-order valence-electron chi connectivity index (χ1n) is 10.4. The number of nitrogens with zero attached hydrogens (tertiary/aromatic N) is 3. The van der Waals surface area contributed by atoms with Crippen LogP contribution in [0.2, 0.25) is 0 Å². The van der Waals surface area contributed by atoms with Gasteiger partial charge in [-0.15, -0.1) is 0 Å². The van der Waals surface area contributed by atoms with Crippen molar-refractivity contribution in [2.75, 3.05) is 26.0 Å². The molecule has 4 heteroatoms. The van der Waals surface area contributed by atoms with Crippen LogP contribution in [0.3, 0.4) is 0 Å². The zero-order valence-corrected chi connectivity index (χ0v) is 17.7. The Morgan fingerprint density at radius 3 is 2.73 bits per heavy atom. The zero-order valence-electron chi connectivity index (χ0n) is 17.7. The standard InChI is InChI=1S/C14H13N3.C12H15N/c1-15-14-7-13-6-10(12-4-5-16-8-12)2-3-11(13)9-17-14;1-3-10-4-5-12-9-13(2)7-6-11(12)8-10/h2-3,5-9H,4H2,1H3,(H,15,17);3-5,8H,1,6-7,9H2,2H3. The number of benzene rings is 2. The lowest BCUT2D eigenvalue weighted by atomic mass is 9.98. The second kappa shape index (κ2) is 9.06. The minimum absolute atomic E-state index is 0.895. The second-order valence-electron chi connectivity index (χ2n) is 7.79. The van der Waals surface area contributed by atoms with E-state index in [1.54, 1.807) is 0 Å². The molecule has 0 unspecified atom stereocenters. The molecule has 0 radical (unpaired) electrons. The highest BCUT2D eigenvalue weighted by Gasteiger charge is 2.12. The quantitative estimate of drug-likeness (QED) is 0.643. The predicted octanol–water partition coefficient (Wildman–Crippen LogP) is 5.41. The summed E-state index contributed by atoms with van der Waals surface area (Å²) in [5.41, 5.74) is 6.72. The number of hydrogen-bond donors (Lipinski definition) is 1. The number of likely N-dealkylation sites (N-methyl/N-ethyl adjacent to an activating group) is 1. The van der Waals surface area contributed by atoms with Crippen LogP contribution in [0.25, 0.3) is 22.4 Å². The van der Waals surface area contributed by atoms with Gasteiger partial charge >= 0.3 is 0 Å². The predicted molar refractivity (Wildman–Crippen MR) is 129 cm³/mol. The molecule has 2 aliphatic rings. The van der Waals surface area contributed by atoms with Gasteiger partial charge in [-0.3, -0.25) is 4.99 Å². The molecular formula is C26H28N4. The van der Waals surface area contributed by atoms with Crippen LogP contribution in [0.1, 0.15) is 28.7 Å². The molecule has 0 bridgehead atoms. The van der Waals surface area contributed by atoms with Crippen LogP contribution in [0.4, 0.5) is 5.82 Å². The molecule has 0 saturated heterocycles. The highest BCUT2D eigenvalue weighted by atomic mass is 15.1. The maximum Gasteiger partial charge on any atom is 0.126 e. The topological polar surface area (TPSA) is 40.5 Å². The Balaban J connectivity index is 0.000000151. The van der Waals surface area contributed by atoms with E-state index in [1.807, 2.05) is 31.7 Å². The number of hydrogen-bond acceptors (Lipinski definition) is 4. The highest BCUT2D eigenvalue weighted by Crippen LogP contribution is 2.25. The number of aliphatic imine (C=N–C) groups is 1. The normalized spacial score (nSPS) is 15.2. The molecule has 5 rings (SSSR count). The number of nitrogens with one attached hydrogen (secondary N) is 1. The van der Waals surface area contributed by atoms with Crippen molar-refractivity contribution in [3.63, 3.8) is 0 Å². The Morgan fingerprint density at radius 2 is 1.97 bits per heavy atom. The van der Waals surface area contributed by atoms with Gasteiger partial charge in [0.05, 0.1) is 0 Å². The fraction of sp³-hybridized carbons (Fsp3) is 0.231. The van der Waals surface area contributed by atoms with Crippen LogP contribution in [0.5, 0.6) is 0 Å². The Kier molecular flexibility index (Phi) is 6.05. The van der Waals surface area contributed by atoms with Crippen LogP contribution in [0.15, 0.2) is 66.4 Å². The third-order valence-electron chi connectivity index (χ3n) is 5.66. The first-order chi connectivity index (χ1) is 14.7. The van der Waals surface area contributed by atoms with E-state index in [1.165, 1.54) is 46.2 Å². The fourth-order valence-electron chi connectivity index (χ4n) is 3.86. The molecule has 2 aliphatic heterocycles. The summed E-state index contributed by atoms with van der Waals surface area (Å²) >= 11 is 0. The van der Waals surface area contributed by atoms with Crippen LogP contribution in [-0.2, 0) is 13.0 Å². The molecule has 0 saturated carbocycles. The third kappa shape index (κ3) is 4.50. The molecule has 0 aliphatic carbocycles. The van der Waals surface area contributed by atoms with Gasteiger partial charge in [0.25, 0.3) is 0 Å². The van der Waals surface area contributed by atoms with Gasteiger partial charge in [-0.05, 0) is 58.8 Å². The van der Waals surface area contributed by atoms with Gasteiger partial charge in [-0.1, -0.05) is 43.0 Å². The fourth-order valence-corrected chi connectivity index (χ4v) is 3.86. The smallest absolute Gasteiger partial charge is 0.126 e. The molecule has 0 amide bonds. The summed E-state index contributed by atoms with van der Waals surface area (Å²) in [4.78, 5) is 10.8. The molecular weight excluding hydrogens is 368 g/mol. The molecule has 1 aromatic heterocycles. The largest absolute Gasteiger partial charge is 0.373 e. The third-order valence-corrected chi connectivity index (χ3v) is 5.66. The van der Waals surface area contributed by atoms with Crippen LogP contribution < -0.4 is 5.32 Å². The number of rotatable bonds is 3. The monoisotopic (exact) mass is 396 g/mol. The van der Waals surface area contributed by atoms with Crippen molar-refractivity contribution in [1.82, 2.24) is 9.88 Å². The van der Waals surface area contributed by atoms with Crippen molar-refractivity contribution in [2.24, 2.45) is 4.99 Å². The maximum atomic E-state index is 4.30. The van der Waals surface area contributed by atoms with E-state index in [4.69, 9.17) is 0 Å². The number of allylic oxidation sites excluding steroid dienone is 1. The van der Waals surface area contributed by atoms with Crippen LogP contribution in [-0.4, -0.2) is 36.7 Å². The van der Waals surface area contributed by atoms with E-state index >= 15 is 0 Å². The average molecular weight is 397 g/mol. The van der Waals surface area contributed by atoms with Crippen molar-refractivity contribution >= 4 is 34.5 Å². The van der Waals surface area contributed by atoms with Gasteiger partial charge in [-0.2, -0.15) is 0 Å². The highest BCUT2D eigenvalue weighted by molar-refractivity contribution is 5.90. The summed E-state index contributed by atoms with van der Waals surface area (Å²) in [6, 6.07) is 15.1. The molecule has 152 valence electrons. The Bertz CT molecular complexity index is 1130. The summed E-state index contributed by atoms with van der Waals surface area (Å²) in [6.07, 6.45) is 9.78. The summed E-state index contributed by atoms with van der Waals surface area (Å²) in [5, 5.41) is 5.42. The van der Waals surface area contributed by atoms with Gasteiger partial charge in [0.1, 0.15) is 5.82 Å². The molecule has 1 N–H and O–H groups in total. The summed E-state index contributed by atoms with van der Waals surface area (Å²) < 4.78 is 0. The summed E-state index contributed by atoms with van der Waals surface area (Å²) in [5.74, 6) is 0.895. The van der Waals surface area contributed by atoms with E-state index in [2.05, 4.69) is 76.3 Å². The SMILES string of the molecule is C=Cc1ccc2c(c1)CCN(C)C2.CNc1cc2cc(C3=CN=CC3)ccc2cn1. The Hall–Kier alpha value is -3.24. The lowest BCUT2D eigenvalue weighted by molar-refractivity contribution is 0.313. The first-order valence-corrected chi connectivity index (χ1v) is 10.4. The molecule has 0 atom stereocenters. The zero-order chi connectivity index (χ0) is 20.9. The molecule has 0 spiro atoms. The second-order valence-corrected chi connectivity index (χ2v) is 7.79. The van der Waals surface area contributed by atoms with Gasteiger partial charge in [0.2, 0.25) is 0 Å². The Morgan fingerprint density at radius 1 is 1.07 bits per heavy atom. The summed E-state index contributed by atoms with van der Waals surface area (Å²) in [7, 11) is 4.05. The van der Waals surface area contributed by atoms with Gasteiger partial charge in [0.15, 0.2) is 0 Å².